The SMILES string of the molecule is Cc1ccc(C(=O)NCCNC(=O)NC(CC(C)C)CN(C)C)cc1F. The molecule has 1 aromatic carbocycles. The molecule has 0 saturated carbocycles. The standard InChI is InChI=1S/C19H31FN4O2/c1-13(2)10-16(12-24(4)5)23-19(26)22-9-8-21-18(25)15-7-6-14(3)17(20)11-15/h6-7,11,13,16H,8-10,12H2,1-5H3,(H,21,25)(H2,22,23,26). The van der Waals surface area contributed by atoms with Crippen LogP contribution in [0.15, 0.2) is 18.2 Å². The lowest BCUT2D eigenvalue weighted by molar-refractivity contribution is 0.0953. The molecular formula is C19H31FN4O2. The van der Waals surface area contributed by atoms with Crippen LogP contribution in [0.2, 0.25) is 0 Å². The second-order valence-corrected chi connectivity index (χ2v) is 7.21. The number of rotatable bonds is 9. The highest BCUT2D eigenvalue weighted by atomic mass is 19.1. The second-order valence-electron chi connectivity index (χ2n) is 7.21. The van der Waals surface area contributed by atoms with Gasteiger partial charge in [0.1, 0.15) is 5.82 Å². The number of benzene rings is 1. The number of likely N-dealkylation sites (N-methyl/N-ethyl adjacent to an activating group) is 1. The maximum Gasteiger partial charge on any atom is 0.315 e. The Kier molecular flexibility index (Phi) is 9.05. The van der Waals surface area contributed by atoms with Crippen LogP contribution in [0.3, 0.4) is 0 Å². The van der Waals surface area contributed by atoms with Crippen LogP contribution in [-0.4, -0.2) is 56.6 Å². The van der Waals surface area contributed by atoms with Gasteiger partial charge in [-0.1, -0.05) is 19.9 Å². The average molecular weight is 366 g/mol. The molecule has 0 aliphatic carbocycles. The summed E-state index contributed by atoms with van der Waals surface area (Å²) in [6, 6.07) is 4.16. The summed E-state index contributed by atoms with van der Waals surface area (Å²) in [5, 5.41) is 8.35. The minimum Gasteiger partial charge on any atom is -0.350 e. The topological polar surface area (TPSA) is 73.5 Å². The molecule has 1 atom stereocenters. The number of hydrogen-bond donors (Lipinski definition) is 3. The van der Waals surface area contributed by atoms with Gasteiger partial charge < -0.3 is 20.9 Å². The highest BCUT2D eigenvalue weighted by Gasteiger charge is 2.14. The first-order valence-corrected chi connectivity index (χ1v) is 8.92. The van der Waals surface area contributed by atoms with Crippen molar-refractivity contribution in [2.24, 2.45) is 5.92 Å². The van der Waals surface area contributed by atoms with Gasteiger partial charge in [-0.25, -0.2) is 9.18 Å². The van der Waals surface area contributed by atoms with E-state index in [1.54, 1.807) is 19.1 Å². The first-order chi connectivity index (χ1) is 12.2. The smallest absolute Gasteiger partial charge is 0.315 e. The van der Waals surface area contributed by atoms with Gasteiger partial charge in [0, 0.05) is 31.2 Å². The van der Waals surface area contributed by atoms with Crippen molar-refractivity contribution in [2.75, 3.05) is 33.7 Å². The molecule has 3 N–H and O–H groups in total. The number of nitrogens with zero attached hydrogens (tertiary/aromatic N) is 1. The van der Waals surface area contributed by atoms with E-state index in [9.17, 15) is 14.0 Å². The molecule has 0 heterocycles. The summed E-state index contributed by atoms with van der Waals surface area (Å²) >= 11 is 0. The van der Waals surface area contributed by atoms with Crippen molar-refractivity contribution in [1.82, 2.24) is 20.9 Å². The summed E-state index contributed by atoms with van der Waals surface area (Å²) in [4.78, 5) is 26.0. The molecule has 7 heteroatoms. The zero-order valence-corrected chi connectivity index (χ0v) is 16.4. The van der Waals surface area contributed by atoms with E-state index in [2.05, 4.69) is 29.8 Å². The Labute approximate surface area is 155 Å². The minimum absolute atomic E-state index is 0.0649. The first-order valence-electron chi connectivity index (χ1n) is 8.92. The molecule has 0 spiro atoms. The van der Waals surface area contributed by atoms with Gasteiger partial charge in [0.25, 0.3) is 5.91 Å². The van der Waals surface area contributed by atoms with Crippen molar-refractivity contribution in [2.45, 2.75) is 33.2 Å². The zero-order chi connectivity index (χ0) is 19.7. The van der Waals surface area contributed by atoms with E-state index in [0.717, 1.165) is 13.0 Å². The minimum atomic E-state index is -0.410. The molecule has 1 aromatic rings. The van der Waals surface area contributed by atoms with Gasteiger partial charge in [0.05, 0.1) is 0 Å². The Bertz CT molecular complexity index is 595. The summed E-state index contributed by atoms with van der Waals surface area (Å²) in [5.74, 6) is -0.293. The molecule has 0 aromatic heterocycles. The summed E-state index contributed by atoms with van der Waals surface area (Å²) in [6.45, 7) is 7.20. The molecule has 0 aliphatic rings. The van der Waals surface area contributed by atoms with Crippen LogP contribution in [0.5, 0.6) is 0 Å². The van der Waals surface area contributed by atoms with Crippen LogP contribution >= 0.6 is 0 Å². The van der Waals surface area contributed by atoms with Crippen molar-refractivity contribution in [3.05, 3.63) is 35.1 Å². The van der Waals surface area contributed by atoms with Gasteiger partial charge in [-0.15, -0.1) is 0 Å². The fraction of sp³-hybridized carbons (Fsp3) is 0.579. The van der Waals surface area contributed by atoms with Crippen molar-refractivity contribution in [1.29, 1.82) is 0 Å². The predicted molar refractivity (Wildman–Crippen MR) is 102 cm³/mol. The lowest BCUT2D eigenvalue weighted by Crippen LogP contribution is -2.48. The first kappa shape index (κ1) is 21.9. The van der Waals surface area contributed by atoms with Gasteiger partial charge in [-0.3, -0.25) is 4.79 Å². The maximum atomic E-state index is 13.5. The molecule has 0 aliphatic heterocycles. The third-order valence-electron chi connectivity index (χ3n) is 3.81. The molecule has 0 saturated heterocycles. The molecule has 146 valence electrons. The quantitative estimate of drug-likeness (QED) is 0.586. The highest BCUT2D eigenvalue weighted by molar-refractivity contribution is 5.94. The summed E-state index contributed by atoms with van der Waals surface area (Å²) < 4.78 is 13.5. The van der Waals surface area contributed by atoms with E-state index in [-0.39, 0.29) is 30.1 Å². The van der Waals surface area contributed by atoms with Crippen molar-refractivity contribution in [3.63, 3.8) is 0 Å². The van der Waals surface area contributed by atoms with Gasteiger partial charge in [-0.2, -0.15) is 0 Å². The van der Waals surface area contributed by atoms with E-state index in [1.165, 1.54) is 6.07 Å². The normalized spacial score (nSPS) is 12.2. The molecule has 3 amide bonds. The lowest BCUT2D eigenvalue weighted by Gasteiger charge is -2.24. The number of halogens is 1. The van der Waals surface area contributed by atoms with Crippen LogP contribution in [0.1, 0.15) is 36.2 Å². The van der Waals surface area contributed by atoms with Crippen molar-refractivity contribution >= 4 is 11.9 Å². The fourth-order valence-electron chi connectivity index (χ4n) is 2.61. The number of aryl methyl sites for hydroxylation is 1. The second kappa shape index (κ2) is 10.8. The van der Waals surface area contributed by atoms with E-state index < -0.39 is 5.82 Å². The van der Waals surface area contributed by atoms with Gasteiger partial charge in [0.15, 0.2) is 0 Å². The van der Waals surface area contributed by atoms with Crippen LogP contribution in [0, 0.1) is 18.7 Å². The number of carbonyl (C=O) groups excluding carboxylic acids is 2. The molecular weight excluding hydrogens is 335 g/mol. The van der Waals surface area contributed by atoms with E-state index in [0.29, 0.717) is 18.0 Å². The predicted octanol–water partition coefficient (Wildman–Crippen LogP) is 2.14. The van der Waals surface area contributed by atoms with Crippen molar-refractivity contribution < 1.29 is 14.0 Å². The fourth-order valence-corrected chi connectivity index (χ4v) is 2.61. The number of carbonyl (C=O) groups is 2. The Hall–Kier alpha value is -2.15. The van der Waals surface area contributed by atoms with Crippen molar-refractivity contribution in [3.8, 4) is 0 Å². The van der Waals surface area contributed by atoms with Crippen LogP contribution < -0.4 is 16.0 Å². The monoisotopic (exact) mass is 366 g/mol. The number of nitrogens with one attached hydrogen (secondary N) is 3. The number of urea groups is 1. The molecule has 6 nitrogen and oxygen atoms in total. The Morgan fingerprint density at radius 1 is 1.15 bits per heavy atom. The van der Waals surface area contributed by atoms with Gasteiger partial charge >= 0.3 is 6.03 Å². The molecule has 26 heavy (non-hydrogen) atoms. The third kappa shape index (κ3) is 8.29. The Balaban J connectivity index is 2.35. The lowest BCUT2D eigenvalue weighted by atomic mass is 10.0. The molecule has 1 unspecified atom stereocenters. The van der Waals surface area contributed by atoms with Gasteiger partial charge in [-0.05, 0) is 51.1 Å². The largest absolute Gasteiger partial charge is 0.350 e. The van der Waals surface area contributed by atoms with E-state index in [1.807, 2.05) is 19.0 Å². The Morgan fingerprint density at radius 2 is 1.81 bits per heavy atom. The van der Waals surface area contributed by atoms with E-state index in [4.69, 9.17) is 0 Å². The summed E-state index contributed by atoms with van der Waals surface area (Å²) in [6.07, 6.45) is 0.890. The van der Waals surface area contributed by atoms with Gasteiger partial charge in [0.2, 0.25) is 0 Å². The maximum absolute atomic E-state index is 13.5. The molecule has 0 fully saturated rings. The van der Waals surface area contributed by atoms with Crippen LogP contribution in [-0.2, 0) is 0 Å². The number of amides is 3. The molecule has 0 bridgehead atoms. The molecule has 1 rings (SSSR count). The summed E-state index contributed by atoms with van der Waals surface area (Å²) in [7, 11) is 3.94. The summed E-state index contributed by atoms with van der Waals surface area (Å²) in [5.41, 5.74) is 0.758. The average Bonchev–Trinajstić information content (AvgIpc) is 2.52. The van der Waals surface area contributed by atoms with Crippen LogP contribution in [0.25, 0.3) is 0 Å². The van der Waals surface area contributed by atoms with E-state index >= 15 is 0 Å². The molecule has 0 radical (unpaired) electrons. The third-order valence-corrected chi connectivity index (χ3v) is 3.81. The highest BCUT2D eigenvalue weighted by Crippen LogP contribution is 2.09. The van der Waals surface area contributed by atoms with Crippen LogP contribution in [0.4, 0.5) is 9.18 Å². The zero-order valence-electron chi connectivity index (χ0n) is 16.4. The Morgan fingerprint density at radius 3 is 2.38 bits per heavy atom. The number of hydrogen-bond acceptors (Lipinski definition) is 3.